The lowest BCUT2D eigenvalue weighted by Crippen LogP contribution is -2.44. The Labute approximate surface area is 126 Å². The number of rotatable bonds is 3. The van der Waals surface area contributed by atoms with Crippen LogP contribution in [0.4, 0.5) is 0 Å². The van der Waals surface area contributed by atoms with Gasteiger partial charge in [0.15, 0.2) is 0 Å². The van der Waals surface area contributed by atoms with E-state index in [1.165, 1.54) is 30.0 Å². The Morgan fingerprint density at radius 2 is 2.00 bits per heavy atom. The summed E-state index contributed by atoms with van der Waals surface area (Å²) < 4.78 is 0. The second kappa shape index (κ2) is 6.12. The Morgan fingerprint density at radius 1 is 1.25 bits per heavy atom. The van der Waals surface area contributed by atoms with Crippen LogP contribution in [0.3, 0.4) is 0 Å². The van der Waals surface area contributed by atoms with Gasteiger partial charge in [-0.05, 0) is 38.0 Å². The van der Waals surface area contributed by atoms with Crippen molar-refractivity contribution in [3.8, 4) is 0 Å². The molecule has 1 saturated heterocycles. The Kier molecular flexibility index (Phi) is 4.43. The number of aryl methyl sites for hydroxylation is 1. The molecule has 0 spiro atoms. The molecule has 2 unspecified atom stereocenters. The molecule has 20 heavy (non-hydrogen) atoms. The fraction of sp³-hybridized carbons (Fsp3) is 0.812. The maximum absolute atomic E-state index is 4.98. The summed E-state index contributed by atoms with van der Waals surface area (Å²) in [7, 11) is 0. The number of hydrogen-bond acceptors (Lipinski definition) is 4. The predicted octanol–water partition coefficient (Wildman–Crippen LogP) is 2.87. The molecule has 2 aliphatic rings. The molecule has 0 aromatic carbocycles. The number of aromatic nitrogens is 1. The van der Waals surface area contributed by atoms with E-state index in [4.69, 9.17) is 4.98 Å². The Hall–Kier alpha value is -0.450. The van der Waals surface area contributed by atoms with E-state index < -0.39 is 0 Å². The first kappa shape index (κ1) is 14.5. The minimum Gasteiger partial charge on any atom is -0.314 e. The third-order valence-corrected chi connectivity index (χ3v) is 6.28. The maximum atomic E-state index is 4.98. The summed E-state index contributed by atoms with van der Waals surface area (Å²) in [5, 5.41) is 4.78. The molecule has 2 atom stereocenters. The molecule has 0 bridgehead atoms. The van der Waals surface area contributed by atoms with Crippen molar-refractivity contribution in [1.29, 1.82) is 0 Å². The van der Waals surface area contributed by atoms with Crippen LogP contribution in [-0.4, -0.2) is 36.1 Å². The average molecular weight is 293 g/mol. The van der Waals surface area contributed by atoms with E-state index in [-0.39, 0.29) is 0 Å². The lowest BCUT2D eigenvalue weighted by atomic mass is 9.83. The molecular weight excluding hydrogens is 266 g/mol. The first-order valence-electron chi connectivity index (χ1n) is 8.08. The van der Waals surface area contributed by atoms with Crippen LogP contribution in [-0.2, 0) is 12.8 Å². The highest BCUT2D eigenvalue weighted by Crippen LogP contribution is 2.36. The Morgan fingerprint density at radius 3 is 2.70 bits per heavy atom. The zero-order valence-corrected chi connectivity index (χ0v) is 13.8. The molecule has 1 aliphatic heterocycles. The van der Waals surface area contributed by atoms with Crippen molar-refractivity contribution in [2.75, 3.05) is 26.2 Å². The van der Waals surface area contributed by atoms with Crippen LogP contribution in [0.2, 0.25) is 0 Å². The van der Waals surface area contributed by atoms with Crippen molar-refractivity contribution in [3.05, 3.63) is 15.6 Å². The first-order chi connectivity index (χ1) is 9.65. The van der Waals surface area contributed by atoms with Gasteiger partial charge in [-0.2, -0.15) is 0 Å². The lowest BCUT2D eigenvalue weighted by Gasteiger charge is -2.31. The normalized spacial score (nSPS) is 25.7. The lowest BCUT2D eigenvalue weighted by molar-refractivity contribution is 0.185. The summed E-state index contributed by atoms with van der Waals surface area (Å²) in [6.07, 6.45) is 3.79. The van der Waals surface area contributed by atoms with Gasteiger partial charge < -0.3 is 5.32 Å². The number of fused-ring (bicyclic) bond motifs is 1. The molecule has 2 heterocycles. The van der Waals surface area contributed by atoms with Crippen molar-refractivity contribution in [3.63, 3.8) is 0 Å². The molecule has 0 saturated carbocycles. The monoisotopic (exact) mass is 293 g/mol. The molecule has 1 aromatic heterocycles. The van der Waals surface area contributed by atoms with Crippen molar-refractivity contribution >= 4 is 11.3 Å². The summed E-state index contributed by atoms with van der Waals surface area (Å²) in [6.45, 7) is 11.6. The topological polar surface area (TPSA) is 28.2 Å². The maximum Gasteiger partial charge on any atom is 0.110 e. The van der Waals surface area contributed by atoms with Crippen molar-refractivity contribution in [2.24, 2.45) is 11.8 Å². The summed E-state index contributed by atoms with van der Waals surface area (Å²) >= 11 is 1.99. The van der Waals surface area contributed by atoms with E-state index in [0.717, 1.165) is 38.0 Å². The van der Waals surface area contributed by atoms with E-state index in [2.05, 4.69) is 31.0 Å². The van der Waals surface area contributed by atoms with Crippen molar-refractivity contribution < 1.29 is 0 Å². The smallest absolute Gasteiger partial charge is 0.110 e. The highest BCUT2D eigenvalue weighted by Gasteiger charge is 2.27. The van der Waals surface area contributed by atoms with E-state index in [1.54, 1.807) is 4.88 Å². The zero-order chi connectivity index (χ0) is 14.1. The second-order valence-corrected chi connectivity index (χ2v) is 7.75. The van der Waals surface area contributed by atoms with E-state index in [9.17, 15) is 0 Å². The van der Waals surface area contributed by atoms with Gasteiger partial charge in [0.1, 0.15) is 5.01 Å². The van der Waals surface area contributed by atoms with E-state index in [1.807, 2.05) is 11.3 Å². The largest absolute Gasteiger partial charge is 0.314 e. The third kappa shape index (κ3) is 2.92. The number of nitrogens with one attached hydrogen (secondary N) is 1. The van der Waals surface area contributed by atoms with E-state index >= 15 is 0 Å². The molecule has 0 radical (unpaired) electrons. The minimum atomic E-state index is 0.491. The fourth-order valence-electron chi connectivity index (χ4n) is 3.39. The standard InChI is InChI=1S/C16H27N3S/c1-11(2)13-4-5-14-15(10-13)20-16(18-14)12(3)19-8-6-17-7-9-19/h11-13,17H,4-10H2,1-3H3. The van der Waals surface area contributed by atoms with Crippen LogP contribution >= 0.6 is 11.3 Å². The van der Waals surface area contributed by atoms with Crippen LogP contribution in [0.1, 0.15) is 48.8 Å². The van der Waals surface area contributed by atoms with Crippen LogP contribution < -0.4 is 5.32 Å². The van der Waals surface area contributed by atoms with Gasteiger partial charge in [0.05, 0.1) is 11.7 Å². The number of hydrogen-bond donors (Lipinski definition) is 1. The van der Waals surface area contributed by atoms with Gasteiger partial charge in [-0.1, -0.05) is 13.8 Å². The number of thiazole rings is 1. The van der Waals surface area contributed by atoms with Gasteiger partial charge in [-0.3, -0.25) is 4.90 Å². The van der Waals surface area contributed by atoms with Crippen LogP contribution in [0.15, 0.2) is 0 Å². The molecule has 1 aliphatic carbocycles. The predicted molar refractivity (Wildman–Crippen MR) is 85.3 cm³/mol. The average Bonchev–Trinajstić information content (AvgIpc) is 2.90. The van der Waals surface area contributed by atoms with Gasteiger partial charge in [0.25, 0.3) is 0 Å². The van der Waals surface area contributed by atoms with Gasteiger partial charge in [0, 0.05) is 31.1 Å². The zero-order valence-electron chi connectivity index (χ0n) is 13.0. The Balaban J connectivity index is 1.73. The van der Waals surface area contributed by atoms with Gasteiger partial charge in [-0.25, -0.2) is 4.98 Å². The molecule has 3 rings (SSSR count). The van der Waals surface area contributed by atoms with Gasteiger partial charge in [0.2, 0.25) is 0 Å². The summed E-state index contributed by atoms with van der Waals surface area (Å²) in [5.74, 6) is 1.67. The third-order valence-electron chi connectivity index (χ3n) is 4.99. The molecule has 1 fully saturated rings. The van der Waals surface area contributed by atoms with Crippen LogP contribution in [0, 0.1) is 11.8 Å². The summed E-state index contributed by atoms with van der Waals surface area (Å²) in [4.78, 5) is 9.12. The van der Waals surface area contributed by atoms with Crippen molar-refractivity contribution in [2.45, 2.75) is 46.1 Å². The minimum absolute atomic E-state index is 0.491. The SMILES string of the molecule is CC(C)C1CCc2nc(C(C)N3CCNCC3)sc2C1. The molecule has 0 amide bonds. The van der Waals surface area contributed by atoms with E-state index in [0.29, 0.717) is 6.04 Å². The second-order valence-electron chi connectivity index (χ2n) is 6.63. The summed E-state index contributed by atoms with van der Waals surface area (Å²) in [6, 6.07) is 0.491. The van der Waals surface area contributed by atoms with Gasteiger partial charge >= 0.3 is 0 Å². The molecular formula is C16H27N3S. The molecule has 4 heteroatoms. The molecule has 112 valence electrons. The van der Waals surface area contributed by atoms with Gasteiger partial charge in [-0.15, -0.1) is 11.3 Å². The first-order valence-corrected chi connectivity index (χ1v) is 8.90. The Bertz CT molecular complexity index is 449. The van der Waals surface area contributed by atoms with Crippen LogP contribution in [0.25, 0.3) is 0 Å². The molecule has 1 aromatic rings. The number of piperazine rings is 1. The molecule has 1 N–H and O–H groups in total. The van der Waals surface area contributed by atoms with Crippen molar-refractivity contribution in [1.82, 2.24) is 15.2 Å². The highest BCUT2D eigenvalue weighted by molar-refractivity contribution is 7.11. The summed E-state index contributed by atoms with van der Waals surface area (Å²) in [5.41, 5.74) is 1.41. The quantitative estimate of drug-likeness (QED) is 0.929. The number of nitrogens with zero attached hydrogens (tertiary/aromatic N) is 2. The fourth-order valence-corrected chi connectivity index (χ4v) is 4.68. The van der Waals surface area contributed by atoms with Crippen LogP contribution in [0.5, 0.6) is 0 Å². The highest BCUT2D eigenvalue weighted by atomic mass is 32.1. The molecule has 3 nitrogen and oxygen atoms in total.